The Balaban J connectivity index is 4.35. The zero-order valence-corrected chi connectivity index (χ0v) is 5.07. The molecule has 0 bridgehead atoms. The van der Waals surface area contributed by atoms with Gasteiger partial charge in [-0.05, 0) is 6.40 Å². The monoisotopic (exact) mass is 150 g/mol. The van der Waals surface area contributed by atoms with Crippen molar-refractivity contribution in [1.29, 1.82) is 0 Å². The van der Waals surface area contributed by atoms with Crippen molar-refractivity contribution >= 4 is 11.9 Å². The third-order valence-corrected chi connectivity index (χ3v) is 0.744. The van der Waals surface area contributed by atoms with Gasteiger partial charge in [0.2, 0.25) is 0 Å². The lowest BCUT2D eigenvalue weighted by Gasteiger charge is -2.01. The quantitative estimate of drug-likeness (QED) is 0.458. The lowest BCUT2D eigenvalue weighted by atomic mass is 10.4. The first-order chi connectivity index (χ1) is 5.28. The van der Waals surface area contributed by atoms with E-state index < -0.39 is 30.8 Å². The van der Waals surface area contributed by atoms with E-state index in [1.807, 2.05) is 0 Å². The molecule has 0 heterocycles. The standard InChI is InChI=1S/C5H9NO4/c6-3(5(9)10)1-2-4(7)8/h3H,1-2,6H2,(H,7,8)(H,9,10)/t3-/m0/s1/i1D,3+1D/t1-,3-. The smallest absolute Gasteiger partial charge is 0.320 e. The van der Waals surface area contributed by atoms with Crippen LogP contribution in [-0.4, -0.2) is 28.2 Å². The molecule has 0 spiro atoms. The number of carboxylic acid groups (broad SMARTS) is 2. The van der Waals surface area contributed by atoms with Crippen LogP contribution in [0.1, 0.15) is 15.6 Å². The van der Waals surface area contributed by atoms with Gasteiger partial charge in [-0.2, -0.15) is 0 Å². The molecule has 0 fully saturated rings. The van der Waals surface area contributed by atoms with Gasteiger partial charge in [-0.1, -0.05) is 0 Å². The first-order valence-electron chi connectivity index (χ1n) is 3.52. The van der Waals surface area contributed by atoms with Crippen molar-refractivity contribution in [2.45, 2.75) is 18.8 Å². The molecule has 0 saturated carbocycles. The van der Waals surface area contributed by atoms with Gasteiger partial charge < -0.3 is 15.9 Å². The average molecular weight is 150 g/mol. The Kier molecular flexibility index (Phi) is 2.17. The van der Waals surface area contributed by atoms with Crippen LogP contribution in [0.25, 0.3) is 0 Å². The second-order valence-corrected chi connectivity index (χ2v) is 1.56. The predicted octanol–water partition coefficient (Wildman–Crippen LogP) is -0.737. The van der Waals surface area contributed by atoms with Crippen LogP contribution in [0.3, 0.4) is 0 Å². The highest BCUT2D eigenvalue weighted by atomic mass is 16.4. The zero-order chi connectivity index (χ0) is 9.94. The molecule has 0 aliphatic carbocycles. The minimum Gasteiger partial charge on any atom is -0.481 e. The third-order valence-electron chi connectivity index (χ3n) is 0.744. The Morgan fingerprint density at radius 1 is 1.70 bits per heavy atom. The number of rotatable bonds is 4. The molecule has 2 atom stereocenters. The predicted molar refractivity (Wildman–Crippen MR) is 32.5 cm³/mol. The molecule has 58 valence electrons. The van der Waals surface area contributed by atoms with Gasteiger partial charge >= 0.3 is 11.9 Å². The second kappa shape index (κ2) is 3.84. The summed E-state index contributed by atoms with van der Waals surface area (Å²) in [6.07, 6.45) is -2.43. The highest BCUT2D eigenvalue weighted by Crippen LogP contribution is 1.93. The van der Waals surface area contributed by atoms with Crippen LogP contribution >= 0.6 is 0 Å². The minimum atomic E-state index is -2.56. The number of hydrogen-bond donors (Lipinski definition) is 3. The maximum Gasteiger partial charge on any atom is 0.320 e. The highest BCUT2D eigenvalue weighted by molar-refractivity contribution is 5.74. The Morgan fingerprint density at radius 2 is 2.20 bits per heavy atom. The minimum absolute atomic E-state index is 0.758. The Hall–Kier alpha value is -1.10. The van der Waals surface area contributed by atoms with Gasteiger partial charge in [-0.15, -0.1) is 0 Å². The van der Waals surface area contributed by atoms with Gasteiger partial charge in [0.25, 0.3) is 0 Å². The van der Waals surface area contributed by atoms with Crippen LogP contribution in [-0.2, 0) is 9.59 Å². The van der Waals surface area contributed by atoms with E-state index in [1.54, 1.807) is 0 Å². The molecule has 0 aromatic heterocycles. The molecular weight excluding hydrogens is 139 g/mol. The summed E-state index contributed by atoms with van der Waals surface area (Å²) in [4.78, 5) is 20.2. The third kappa shape index (κ3) is 3.85. The van der Waals surface area contributed by atoms with Crippen molar-refractivity contribution in [3.05, 3.63) is 0 Å². The van der Waals surface area contributed by atoms with E-state index in [-0.39, 0.29) is 0 Å². The summed E-state index contributed by atoms with van der Waals surface area (Å²) in [5, 5.41) is 16.5. The maximum atomic E-state index is 10.2. The van der Waals surface area contributed by atoms with Crippen LogP contribution in [0.15, 0.2) is 0 Å². The van der Waals surface area contributed by atoms with Crippen molar-refractivity contribution < 1.29 is 22.5 Å². The lowest BCUT2D eigenvalue weighted by Crippen LogP contribution is -2.30. The van der Waals surface area contributed by atoms with Gasteiger partial charge in [0.15, 0.2) is 0 Å². The molecule has 0 unspecified atom stereocenters. The molecule has 0 aromatic rings. The fraction of sp³-hybridized carbons (Fsp3) is 0.600. The van der Waals surface area contributed by atoms with Crippen molar-refractivity contribution in [2.75, 3.05) is 0 Å². The topological polar surface area (TPSA) is 101 Å². The summed E-state index contributed by atoms with van der Waals surface area (Å²) in [6.45, 7) is 0. The van der Waals surface area contributed by atoms with Crippen LogP contribution in [0.5, 0.6) is 0 Å². The molecule has 4 N–H and O–H groups in total. The number of carbonyl (C=O) groups is 2. The normalized spacial score (nSPS) is 21.7. The highest BCUT2D eigenvalue weighted by Gasteiger charge is 2.12. The molecule has 0 rings (SSSR count). The van der Waals surface area contributed by atoms with Gasteiger partial charge in [0.05, 0.1) is 1.37 Å². The molecule has 0 aromatic carbocycles. The number of carboxylic acids is 2. The fourth-order valence-electron chi connectivity index (χ4n) is 0.285. The Bertz CT molecular complexity index is 206. The number of nitrogens with two attached hydrogens (primary N) is 1. The van der Waals surface area contributed by atoms with Gasteiger partial charge in [-0.25, -0.2) is 0 Å². The van der Waals surface area contributed by atoms with Gasteiger partial charge in [0, 0.05) is 7.79 Å². The van der Waals surface area contributed by atoms with Crippen molar-refractivity contribution in [3.8, 4) is 0 Å². The largest absolute Gasteiger partial charge is 0.481 e. The number of hydrogen-bond acceptors (Lipinski definition) is 3. The summed E-state index contributed by atoms with van der Waals surface area (Å²) >= 11 is 0. The first-order valence-corrected chi connectivity index (χ1v) is 2.44. The SMILES string of the molecule is [2H][C@@H](CC(=O)O)[13C@]([2H])(N)C(=O)O. The molecule has 0 aliphatic rings. The average Bonchev–Trinajstić information content (AvgIpc) is 1.85. The molecule has 0 radical (unpaired) electrons. The van der Waals surface area contributed by atoms with Gasteiger partial charge in [-0.3, -0.25) is 9.59 Å². The lowest BCUT2D eigenvalue weighted by molar-refractivity contribution is -0.139. The summed E-state index contributed by atoms with van der Waals surface area (Å²) in [7, 11) is 0. The van der Waals surface area contributed by atoms with Crippen LogP contribution < -0.4 is 5.73 Å². The van der Waals surface area contributed by atoms with E-state index in [9.17, 15) is 9.59 Å². The van der Waals surface area contributed by atoms with E-state index in [2.05, 4.69) is 0 Å². The van der Waals surface area contributed by atoms with Crippen LogP contribution in [0, 0.1) is 0 Å². The molecule has 5 nitrogen and oxygen atoms in total. The summed E-state index contributed by atoms with van der Waals surface area (Å²) in [5.41, 5.74) is 4.87. The van der Waals surface area contributed by atoms with E-state index in [4.69, 9.17) is 18.7 Å². The molecule has 5 heteroatoms. The van der Waals surface area contributed by atoms with E-state index >= 15 is 0 Å². The summed E-state index contributed by atoms with van der Waals surface area (Å²) in [6, 6.07) is -2.56. The van der Waals surface area contributed by atoms with Crippen molar-refractivity contribution in [1.82, 2.24) is 0 Å². The Morgan fingerprint density at radius 3 is 2.50 bits per heavy atom. The molecular formula is C5H9NO4. The van der Waals surface area contributed by atoms with E-state index in [0.29, 0.717) is 0 Å². The fourth-order valence-corrected chi connectivity index (χ4v) is 0.285. The van der Waals surface area contributed by atoms with Crippen LogP contribution in [0.2, 0.25) is 0 Å². The first kappa shape index (κ1) is 5.67. The molecule has 10 heavy (non-hydrogen) atoms. The van der Waals surface area contributed by atoms with E-state index in [0.717, 1.165) is 0 Å². The second-order valence-electron chi connectivity index (χ2n) is 1.56. The zero-order valence-electron chi connectivity index (χ0n) is 7.07. The Labute approximate surface area is 60.3 Å². The number of aliphatic carboxylic acids is 2. The van der Waals surface area contributed by atoms with Gasteiger partial charge in [0.1, 0.15) is 6.02 Å². The van der Waals surface area contributed by atoms with E-state index in [1.165, 1.54) is 0 Å². The molecule has 0 saturated heterocycles. The molecule has 0 amide bonds. The van der Waals surface area contributed by atoms with Crippen molar-refractivity contribution in [3.63, 3.8) is 0 Å². The molecule has 0 aliphatic heterocycles. The summed E-state index contributed by atoms with van der Waals surface area (Å²) in [5.74, 6) is -3.05. The summed E-state index contributed by atoms with van der Waals surface area (Å²) < 4.78 is 13.9. The van der Waals surface area contributed by atoms with Crippen LogP contribution in [0.4, 0.5) is 0 Å². The van der Waals surface area contributed by atoms with Crippen molar-refractivity contribution in [2.24, 2.45) is 5.73 Å². The maximum absolute atomic E-state index is 10.2.